The van der Waals surface area contributed by atoms with E-state index in [1.165, 1.54) is 17.8 Å². The molecule has 3 nitrogen and oxygen atoms in total. The molecular formula is C20H19F3N2OS. The lowest BCUT2D eigenvalue weighted by Gasteiger charge is -2.19. The number of benzene rings is 2. The Hall–Kier alpha value is -2.41. The van der Waals surface area contributed by atoms with E-state index in [1.54, 1.807) is 37.3 Å². The number of anilines is 2. The lowest BCUT2D eigenvalue weighted by molar-refractivity contribution is -0.138. The van der Waals surface area contributed by atoms with Crippen molar-refractivity contribution in [3.63, 3.8) is 0 Å². The Bertz CT molecular complexity index is 973. The van der Waals surface area contributed by atoms with Gasteiger partial charge in [0.2, 0.25) is 0 Å². The van der Waals surface area contributed by atoms with E-state index in [-0.39, 0.29) is 17.1 Å². The highest BCUT2D eigenvalue weighted by Gasteiger charge is 2.34. The highest BCUT2D eigenvalue weighted by Crippen LogP contribution is 2.39. The molecule has 0 aliphatic carbocycles. The predicted octanol–water partition coefficient (Wildman–Crippen LogP) is 6.26. The molecule has 0 atom stereocenters. The minimum Gasteiger partial charge on any atom is -0.506 e. The van der Waals surface area contributed by atoms with Crippen LogP contribution in [-0.2, 0) is 11.9 Å². The molecule has 0 aliphatic heterocycles. The first-order chi connectivity index (χ1) is 12.8. The number of aromatic hydroxyl groups is 1. The van der Waals surface area contributed by atoms with Crippen LogP contribution >= 0.6 is 11.8 Å². The van der Waals surface area contributed by atoms with Gasteiger partial charge in [-0.15, -0.1) is 0 Å². The van der Waals surface area contributed by atoms with Crippen molar-refractivity contribution in [1.82, 2.24) is 4.98 Å². The SMILES string of the molecule is CCSCc1c(Nc2cccc3nc(C)c(O)cc23)cccc1C(F)(F)F. The fourth-order valence-corrected chi connectivity index (χ4v) is 3.58. The van der Waals surface area contributed by atoms with Crippen LogP contribution in [0.1, 0.15) is 23.7 Å². The second kappa shape index (κ2) is 7.68. The Balaban J connectivity index is 2.10. The lowest BCUT2D eigenvalue weighted by atomic mass is 10.1. The Morgan fingerprint density at radius 3 is 2.52 bits per heavy atom. The van der Waals surface area contributed by atoms with Gasteiger partial charge in [0.25, 0.3) is 0 Å². The molecule has 3 rings (SSSR count). The Morgan fingerprint density at radius 1 is 1.11 bits per heavy atom. The van der Waals surface area contributed by atoms with Gasteiger partial charge in [0.15, 0.2) is 0 Å². The zero-order valence-corrected chi connectivity index (χ0v) is 15.7. The van der Waals surface area contributed by atoms with E-state index in [0.29, 0.717) is 28.0 Å². The highest BCUT2D eigenvalue weighted by atomic mass is 32.2. The molecule has 0 saturated heterocycles. The van der Waals surface area contributed by atoms with Gasteiger partial charge >= 0.3 is 6.18 Å². The third-order valence-electron chi connectivity index (χ3n) is 4.22. The summed E-state index contributed by atoms with van der Waals surface area (Å²) in [5.74, 6) is 1.02. The van der Waals surface area contributed by atoms with Gasteiger partial charge in [-0.25, -0.2) is 4.98 Å². The van der Waals surface area contributed by atoms with Gasteiger partial charge in [-0.05, 0) is 48.6 Å². The van der Waals surface area contributed by atoms with Crippen LogP contribution in [0.5, 0.6) is 5.75 Å². The van der Waals surface area contributed by atoms with Crippen LogP contribution in [0.15, 0.2) is 42.5 Å². The number of halogens is 3. The van der Waals surface area contributed by atoms with Gasteiger partial charge in [-0.1, -0.05) is 19.1 Å². The summed E-state index contributed by atoms with van der Waals surface area (Å²) in [6.45, 7) is 3.61. The smallest absolute Gasteiger partial charge is 0.416 e. The van der Waals surface area contributed by atoms with Crippen LogP contribution in [0.2, 0.25) is 0 Å². The molecule has 3 aromatic rings. The fourth-order valence-electron chi connectivity index (χ4n) is 2.86. The van der Waals surface area contributed by atoms with E-state index in [0.717, 1.165) is 11.8 Å². The van der Waals surface area contributed by atoms with E-state index < -0.39 is 11.7 Å². The van der Waals surface area contributed by atoms with Crippen LogP contribution < -0.4 is 5.32 Å². The number of alkyl halides is 3. The van der Waals surface area contributed by atoms with Crippen LogP contribution in [0.3, 0.4) is 0 Å². The molecule has 142 valence electrons. The van der Waals surface area contributed by atoms with Crippen molar-refractivity contribution in [3.05, 3.63) is 59.3 Å². The molecule has 0 bridgehead atoms. The fraction of sp³-hybridized carbons (Fsp3) is 0.250. The maximum Gasteiger partial charge on any atom is 0.416 e. The Morgan fingerprint density at radius 2 is 1.81 bits per heavy atom. The monoisotopic (exact) mass is 392 g/mol. The van der Waals surface area contributed by atoms with Gasteiger partial charge in [0.05, 0.1) is 16.8 Å². The van der Waals surface area contributed by atoms with Crippen LogP contribution in [-0.4, -0.2) is 15.8 Å². The summed E-state index contributed by atoms with van der Waals surface area (Å²) >= 11 is 1.43. The van der Waals surface area contributed by atoms with Gasteiger partial charge in [-0.2, -0.15) is 24.9 Å². The zero-order chi connectivity index (χ0) is 19.6. The van der Waals surface area contributed by atoms with E-state index in [1.807, 2.05) is 6.92 Å². The standard InChI is InChI=1S/C20H19F3N2OS/c1-3-27-11-14-15(20(21,22)23)6-4-7-18(14)25-17-9-5-8-16-13(17)10-19(26)12(2)24-16/h4-10,25-26H,3,11H2,1-2H3. The molecule has 0 spiro atoms. The molecule has 0 aliphatic rings. The number of thioether (sulfide) groups is 1. The maximum absolute atomic E-state index is 13.5. The average molecular weight is 392 g/mol. The number of fused-ring (bicyclic) bond motifs is 1. The number of rotatable bonds is 5. The second-order valence-corrected chi connectivity index (χ2v) is 7.33. The number of pyridine rings is 1. The summed E-state index contributed by atoms with van der Waals surface area (Å²) in [7, 11) is 0. The van der Waals surface area contributed by atoms with E-state index in [9.17, 15) is 18.3 Å². The van der Waals surface area contributed by atoms with Crippen molar-refractivity contribution in [2.45, 2.75) is 25.8 Å². The molecule has 27 heavy (non-hydrogen) atoms. The molecule has 0 amide bonds. The van der Waals surface area contributed by atoms with Gasteiger partial charge < -0.3 is 10.4 Å². The number of aryl methyl sites for hydroxylation is 1. The van der Waals surface area contributed by atoms with Crippen LogP contribution in [0.25, 0.3) is 10.9 Å². The third-order valence-corrected chi connectivity index (χ3v) is 5.13. The van der Waals surface area contributed by atoms with Crippen molar-refractivity contribution in [1.29, 1.82) is 0 Å². The number of aromatic nitrogens is 1. The topological polar surface area (TPSA) is 45.2 Å². The molecule has 1 heterocycles. The number of nitrogens with zero attached hydrogens (tertiary/aromatic N) is 1. The number of nitrogens with one attached hydrogen (secondary N) is 1. The first-order valence-corrected chi connectivity index (χ1v) is 9.60. The normalized spacial score (nSPS) is 11.7. The predicted molar refractivity (Wildman–Crippen MR) is 105 cm³/mol. The second-order valence-electron chi connectivity index (χ2n) is 6.06. The maximum atomic E-state index is 13.5. The number of hydrogen-bond acceptors (Lipinski definition) is 4. The first-order valence-electron chi connectivity index (χ1n) is 8.44. The van der Waals surface area contributed by atoms with Crippen molar-refractivity contribution in [2.24, 2.45) is 0 Å². The molecule has 7 heteroatoms. The van der Waals surface area contributed by atoms with Crippen LogP contribution in [0.4, 0.5) is 24.5 Å². The minimum absolute atomic E-state index is 0.0440. The molecule has 0 radical (unpaired) electrons. The summed E-state index contributed by atoms with van der Waals surface area (Å²) in [6, 6.07) is 11.1. The minimum atomic E-state index is -4.42. The quantitative estimate of drug-likeness (QED) is 0.538. The molecule has 1 aromatic heterocycles. The van der Waals surface area contributed by atoms with Gasteiger partial charge in [0.1, 0.15) is 5.75 Å². The largest absolute Gasteiger partial charge is 0.506 e. The third kappa shape index (κ3) is 4.13. The van der Waals surface area contributed by atoms with Crippen molar-refractivity contribution in [2.75, 3.05) is 11.1 Å². The van der Waals surface area contributed by atoms with E-state index in [2.05, 4.69) is 10.3 Å². The van der Waals surface area contributed by atoms with Crippen molar-refractivity contribution >= 4 is 34.0 Å². The molecule has 2 N–H and O–H groups in total. The first kappa shape index (κ1) is 19.4. The summed E-state index contributed by atoms with van der Waals surface area (Å²) in [4.78, 5) is 4.33. The molecular weight excluding hydrogens is 373 g/mol. The van der Waals surface area contributed by atoms with E-state index >= 15 is 0 Å². The molecule has 0 unspecified atom stereocenters. The summed E-state index contributed by atoms with van der Waals surface area (Å²) in [6.07, 6.45) is -4.42. The van der Waals surface area contributed by atoms with Crippen molar-refractivity contribution < 1.29 is 18.3 Å². The molecule has 2 aromatic carbocycles. The van der Waals surface area contributed by atoms with Gasteiger partial charge in [0, 0.05) is 22.5 Å². The Kier molecular flexibility index (Phi) is 5.51. The number of hydrogen-bond donors (Lipinski definition) is 2. The highest BCUT2D eigenvalue weighted by molar-refractivity contribution is 7.98. The summed E-state index contributed by atoms with van der Waals surface area (Å²) in [5.41, 5.74) is 1.74. The van der Waals surface area contributed by atoms with Crippen molar-refractivity contribution in [3.8, 4) is 5.75 Å². The summed E-state index contributed by atoms with van der Waals surface area (Å²) in [5, 5.41) is 13.8. The van der Waals surface area contributed by atoms with Gasteiger partial charge in [-0.3, -0.25) is 0 Å². The zero-order valence-electron chi connectivity index (χ0n) is 14.9. The Labute approximate surface area is 159 Å². The summed E-state index contributed by atoms with van der Waals surface area (Å²) < 4.78 is 40.4. The van der Waals surface area contributed by atoms with Crippen LogP contribution in [0, 0.1) is 6.92 Å². The molecule has 0 saturated carbocycles. The molecule has 0 fully saturated rings. The lowest BCUT2D eigenvalue weighted by Crippen LogP contribution is -2.10. The van der Waals surface area contributed by atoms with E-state index in [4.69, 9.17) is 0 Å². The average Bonchev–Trinajstić information content (AvgIpc) is 2.61.